The predicted molar refractivity (Wildman–Crippen MR) is 77.9 cm³/mol. The standard InChI is InChI=1S/C14H22N4O2/c1-11(2)20-12-4-3-5-16-14(12)17-10-13(19)18-8-6-15-7-9-18/h3-5,11,15H,6-10H2,1-2H3,(H,16,17). The zero-order valence-corrected chi connectivity index (χ0v) is 12.1. The minimum absolute atomic E-state index is 0.0728. The van der Waals surface area contributed by atoms with Gasteiger partial charge in [0.05, 0.1) is 12.6 Å². The maximum Gasteiger partial charge on any atom is 0.242 e. The first kappa shape index (κ1) is 14.6. The zero-order valence-electron chi connectivity index (χ0n) is 12.1. The third-order valence-corrected chi connectivity index (χ3v) is 3.01. The predicted octanol–water partition coefficient (Wildman–Crippen LogP) is 0.712. The lowest BCUT2D eigenvalue weighted by molar-refractivity contribution is -0.129. The van der Waals surface area contributed by atoms with Crippen LogP contribution in [0.1, 0.15) is 13.8 Å². The van der Waals surface area contributed by atoms with E-state index in [1.165, 1.54) is 0 Å². The van der Waals surface area contributed by atoms with Crippen molar-refractivity contribution in [2.75, 3.05) is 38.0 Å². The monoisotopic (exact) mass is 278 g/mol. The van der Waals surface area contributed by atoms with Crippen molar-refractivity contribution in [2.24, 2.45) is 0 Å². The molecule has 2 N–H and O–H groups in total. The summed E-state index contributed by atoms with van der Waals surface area (Å²) in [5, 5.41) is 6.30. The lowest BCUT2D eigenvalue weighted by Crippen LogP contribution is -2.48. The van der Waals surface area contributed by atoms with Gasteiger partial charge >= 0.3 is 0 Å². The first-order valence-corrected chi connectivity index (χ1v) is 7.01. The number of pyridine rings is 1. The number of amides is 1. The van der Waals surface area contributed by atoms with E-state index in [1.54, 1.807) is 6.20 Å². The van der Waals surface area contributed by atoms with Crippen LogP contribution in [0.15, 0.2) is 18.3 Å². The van der Waals surface area contributed by atoms with Crippen LogP contribution in [0.25, 0.3) is 0 Å². The molecule has 6 nitrogen and oxygen atoms in total. The molecule has 1 fully saturated rings. The maximum atomic E-state index is 12.1. The van der Waals surface area contributed by atoms with Crippen LogP contribution >= 0.6 is 0 Å². The molecule has 2 heterocycles. The lowest BCUT2D eigenvalue weighted by atomic mass is 10.3. The number of nitrogens with one attached hydrogen (secondary N) is 2. The zero-order chi connectivity index (χ0) is 14.4. The van der Waals surface area contributed by atoms with Gasteiger partial charge in [-0.05, 0) is 26.0 Å². The number of carbonyl (C=O) groups excluding carboxylic acids is 1. The Morgan fingerprint density at radius 2 is 2.25 bits per heavy atom. The Morgan fingerprint density at radius 1 is 1.50 bits per heavy atom. The average Bonchev–Trinajstić information content (AvgIpc) is 2.46. The molecule has 0 aromatic carbocycles. The summed E-state index contributed by atoms with van der Waals surface area (Å²) < 4.78 is 5.66. The van der Waals surface area contributed by atoms with E-state index in [4.69, 9.17) is 4.74 Å². The number of anilines is 1. The van der Waals surface area contributed by atoms with Gasteiger partial charge in [-0.25, -0.2) is 4.98 Å². The molecule has 0 radical (unpaired) electrons. The van der Waals surface area contributed by atoms with Crippen LogP contribution in [0, 0.1) is 0 Å². The number of hydrogen-bond acceptors (Lipinski definition) is 5. The summed E-state index contributed by atoms with van der Waals surface area (Å²) in [5.74, 6) is 1.38. The van der Waals surface area contributed by atoms with Gasteiger partial charge < -0.3 is 20.3 Å². The Morgan fingerprint density at radius 3 is 2.95 bits per heavy atom. The van der Waals surface area contributed by atoms with E-state index in [2.05, 4.69) is 15.6 Å². The number of piperazine rings is 1. The van der Waals surface area contributed by atoms with E-state index in [0.29, 0.717) is 11.6 Å². The van der Waals surface area contributed by atoms with E-state index in [-0.39, 0.29) is 18.6 Å². The molecule has 1 aromatic rings. The van der Waals surface area contributed by atoms with Gasteiger partial charge in [0.15, 0.2) is 11.6 Å². The molecule has 0 unspecified atom stereocenters. The maximum absolute atomic E-state index is 12.1. The molecule has 6 heteroatoms. The molecular weight excluding hydrogens is 256 g/mol. The van der Waals surface area contributed by atoms with Crippen molar-refractivity contribution in [2.45, 2.75) is 20.0 Å². The third kappa shape index (κ3) is 4.09. The fourth-order valence-electron chi connectivity index (χ4n) is 2.06. The molecule has 2 rings (SSSR count). The van der Waals surface area contributed by atoms with Crippen LogP contribution in [0.5, 0.6) is 5.75 Å². The molecule has 1 aromatic heterocycles. The first-order valence-electron chi connectivity index (χ1n) is 7.01. The minimum Gasteiger partial charge on any atom is -0.487 e. The molecule has 0 spiro atoms. The third-order valence-electron chi connectivity index (χ3n) is 3.01. The number of ether oxygens (including phenoxy) is 1. The Labute approximate surface area is 119 Å². The second-order valence-electron chi connectivity index (χ2n) is 5.00. The number of hydrogen-bond donors (Lipinski definition) is 2. The van der Waals surface area contributed by atoms with Crippen LogP contribution in [-0.2, 0) is 4.79 Å². The lowest BCUT2D eigenvalue weighted by Gasteiger charge is -2.27. The Hall–Kier alpha value is -1.82. The SMILES string of the molecule is CC(C)Oc1cccnc1NCC(=O)N1CCNCC1. The van der Waals surface area contributed by atoms with Gasteiger partial charge in [-0.1, -0.05) is 0 Å². The topological polar surface area (TPSA) is 66.5 Å². The Balaban J connectivity index is 1.91. The van der Waals surface area contributed by atoms with E-state index in [9.17, 15) is 4.79 Å². The summed E-state index contributed by atoms with van der Waals surface area (Å²) in [6.07, 6.45) is 1.76. The van der Waals surface area contributed by atoms with Gasteiger partial charge in [0.1, 0.15) is 0 Å². The molecular formula is C14H22N4O2. The minimum atomic E-state index is 0.0728. The molecule has 110 valence electrons. The largest absolute Gasteiger partial charge is 0.487 e. The normalized spacial score (nSPS) is 15.2. The van der Waals surface area contributed by atoms with Gasteiger partial charge in [-0.2, -0.15) is 0 Å². The molecule has 0 saturated carbocycles. The summed E-state index contributed by atoms with van der Waals surface area (Å²) in [6, 6.07) is 3.67. The van der Waals surface area contributed by atoms with Crippen molar-refractivity contribution in [1.82, 2.24) is 15.2 Å². The summed E-state index contributed by atoms with van der Waals surface area (Å²) >= 11 is 0. The Bertz CT molecular complexity index is 445. The molecule has 1 saturated heterocycles. The van der Waals surface area contributed by atoms with E-state index >= 15 is 0 Å². The van der Waals surface area contributed by atoms with Crippen molar-refractivity contribution in [1.29, 1.82) is 0 Å². The van der Waals surface area contributed by atoms with Gasteiger partial charge in [0.2, 0.25) is 5.91 Å². The first-order chi connectivity index (χ1) is 9.66. The highest BCUT2D eigenvalue weighted by molar-refractivity contribution is 5.81. The number of rotatable bonds is 5. The quantitative estimate of drug-likeness (QED) is 0.830. The van der Waals surface area contributed by atoms with Crippen LogP contribution in [0.4, 0.5) is 5.82 Å². The number of aromatic nitrogens is 1. The highest BCUT2D eigenvalue weighted by Crippen LogP contribution is 2.21. The van der Waals surface area contributed by atoms with Crippen molar-refractivity contribution in [3.05, 3.63) is 18.3 Å². The summed E-state index contributed by atoms with van der Waals surface area (Å²) in [4.78, 5) is 18.2. The smallest absolute Gasteiger partial charge is 0.242 e. The molecule has 1 aliphatic heterocycles. The van der Waals surface area contributed by atoms with Crippen LogP contribution in [0.2, 0.25) is 0 Å². The second kappa shape index (κ2) is 7.09. The molecule has 20 heavy (non-hydrogen) atoms. The van der Waals surface area contributed by atoms with Crippen molar-refractivity contribution in [3.8, 4) is 5.75 Å². The van der Waals surface area contributed by atoms with Gasteiger partial charge in [-0.15, -0.1) is 0 Å². The molecule has 1 amide bonds. The van der Waals surface area contributed by atoms with Crippen LogP contribution in [-0.4, -0.2) is 54.6 Å². The molecule has 0 atom stereocenters. The Kier molecular flexibility index (Phi) is 5.17. The number of nitrogens with zero attached hydrogens (tertiary/aromatic N) is 2. The van der Waals surface area contributed by atoms with Crippen molar-refractivity contribution in [3.63, 3.8) is 0 Å². The highest BCUT2D eigenvalue weighted by atomic mass is 16.5. The van der Waals surface area contributed by atoms with Crippen molar-refractivity contribution >= 4 is 11.7 Å². The van der Waals surface area contributed by atoms with E-state index in [1.807, 2.05) is 30.9 Å². The summed E-state index contributed by atoms with van der Waals surface area (Å²) in [5.41, 5.74) is 0. The summed E-state index contributed by atoms with van der Waals surface area (Å²) in [6.45, 7) is 7.40. The number of carbonyl (C=O) groups is 1. The summed E-state index contributed by atoms with van der Waals surface area (Å²) in [7, 11) is 0. The van der Waals surface area contributed by atoms with Gasteiger partial charge in [0, 0.05) is 32.4 Å². The fourth-order valence-corrected chi connectivity index (χ4v) is 2.06. The average molecular weight is 278 g/mol. The molecule has 0 bridgehead atoms. The van der Waals surface area contributed by atoms with Crippen LogP contribution < -0.4 is 15.4 Å². The highest BCUT2D eigenvalue weighted by Gasteiger charge is 2.16. The van der Waals surface area contributed by atoms with Gasteiger partial charge in [0.25, 0.3) is 0 Å². The van der Waals surface area contributed by atoms with Crippen molar-refractivity contribution < 1.29 is 9.53 Å². The van der Waals surface area contributed by atoms with Gasteiger partial charge in [-0.3, -0.25) is 4.79 Å². The van der Waals surface area contributed by atoms with E-state index in [0.717, 1.165) is 26.2 Å². The second-order valence-corrected chi connectivity index (χ2v) is 5.00. The molecule has 1 aliphatic rings. The van der Waals surface area contributed by atoms with E-state index < -0.39 is 0 Å². The molecule has 0 aliphatic carbocycles. The fraction of sp³-hybridized carbons (Fsp3) is 0.571. The van der Waals surface area contributed by atoms with Crippen LogP contribution in [0.3, 0.4) is 0 Å².